The zero-order valence-electron chi connectivity index (χ0n) is 11.9. The van der Waals surface area contributed by atoms with Crippen LogP contribution < -0.4 is 10.6 Å². The van der Waals surface area contributed by atoms with Crippen LogP contribution in [-0.2, 0) is 4.79 Å². The van der Waals surface area contributed by atoms with Crippen LogP contribution in [0, 0.1) is 5.92 Å². The highest BCUT2D eigenvalue weighted by molar-refractivity contribution is 5.77. The monoisotopic (exact) mass is 296 g/mol. The molecule has 116 valence electrons. The van der Waals surface area contributed by atoms with Gasteiger partial charge in [0.25, 0.3) is 0 Å². The molecule has 0 spiro atoms. The first-order valence-corrected chi connectivity index (χ1v) is 7.11. The molecule has 3 atom stereocenters. The quantitative estimate of drug-likeness (QED) is 0.601. The van der Waals surface area contributed by atoms with Crippen LogP contribution >= 0.6 is 0 Å². The molecule has 9 nitrogen and oxygen atoms in total. The Labute approximate surface area is 121 Å². The zero-order chi connectivity index (χ0) is 15.2. The van der Waals surface area contributed by atoms with E-state index in [1.54, 1.807) is 6.92 Å². The van der Waals surface area contributed by atoms with Crippen LogP contribution in [0.2, 0.25) is 0 Å². The van der Waals surface area contributed by atoms with Crippen LogP contribution in [0.5, 0.6) is 0 Å². The number of aromatic nitrogens is 4. The summed E-state index contributed by atoms with van der Waals surface area (Å²) in [6, 6.07) is -1.16. The number of aromatic amines is 1. The van der Waals surface area contributed by atoms with E-state index in [0.717, 1.165) is 19.3 Å². The van der Waals surface area contributed by atoms with Crippen LogP contribution in [0.1, 0.15) is 50.9 Å². The second-order valence-corrected chi connectivity index (χ2v) is 5.30. The van der Waals surface area contributed by atoms with Gasteiger partial charge in [0.15, 0.2) is 5.82 Å². The molecule has 1 aliphatic carbocycles. The highest BCUT2D eigenvalue weighted by Gasteiger charge is 2.30. The van der Waals surface area contributed by atoms with Crippen LogP contribution in [0.4, 0.5) is 4.79 Å². The van der Waals surface area contributed by atoms with E-state index in [9.17, 15) is 14.7 Å². The second kappa shape index (κ2) is 7.00. The Hall–Kier alpha value is -2.19. The van der Waals surface area contributed by atoms with E-state index >= 15 is 0 Å². The Bertz CT molecular complexity index is 477. The van der Waals surface area contributed by atoms with Gasteiger partial charge in [0.05, 0.1) is 12.0 Å². The van der Waals surface area contributed by atoms with Crippen LogP contribution in [0.3, 0.4) is 0 Å². The van der Waals surface area contributed by atoms with Crippen molar-refractivity contribution >= 4 is 12.0 Å². The molecule has 1 aromatic heterocycles. The van der Waals surface area contributed by atoms with E-state index in [-0.39, 0.29) is 6.04 Å². The van der Waals surface area contributed by atoms with Gasteiger partial charge in [-0.3, -0.25) is 4.79 Å². The average Bonchev–Trinajstić information content (AvgIpc) is 2.86. The fraction of sp³-hybridized carbons (Fsp3) is 0.750. The summed E-state index contributed by atoms with van der Waals surface area (Å²) in [4.78, 5) is 23.3. The molecule has 3 unspecified atom stereocenters. The standard InChI is InChI=1S/C12H20N6O3/c1-7(10-15-17-18-16-10)13-12(21)14-9-6-4-2-3-5-8(9)11(19)20/h7-9H,2-6H2,1H3,(H,19,20)(H2,13,14,21)(H,15,16,17,18). The Balaban J connectivity index is 1.91. The number of aliphatic carboxylic acids is 1. The summed E-state index contributed by atoms with van der Waals surface area (Å²) in [5, 5.41) is 28.0. The molecule has 0 aliphatic heterocycles. The molecule has 1 heterocycles. The van der Waals surface area contributed by atoms with Gasteiger partial charge < -0.3 is 15.7 Å². The summed E-state index contributed by atoms with van der Waals surface area (Å²) in [6.45, 7) is 1.73. The van der Waals surface area contributed by atoms with Gasteiger partial charge >= 0.3 is 12.0 Å². The molecule has 0 saturated heterocycles. The van der Waals surface area contributed by atoms with E-state index in [2.05, 4.69) is 31.3 Å². The van der Waals surface area contributed by atoms with Gasteiger partial charge in [0, 0.05) is 6.04 Å². The maximum Gasteiger partial charge on any atom is 0.315 e. The average molecular weight is 296 g/mol. The van der Waals surface area contributed by atoms with Crippen molar-refractivity contribution in [3.05, 3.63) is 5.82 Å². The molecular weight excluding hydrogens is 276 g/mol. The topological polar surface area (TPSA) is 133 Å². The molecule has 0 bridgehead atoms. The number of carbonyl (C=O) groups excluding carboxylic acids is 1. The summed E-state index contributed by atoms with van der Waals surface area (Å²) >= 11 is 0. The lowest BCUT2D eigenvalue weighted by Crippen LogP contribution is -2.47. The van der Waals surface area contributed by atoms with Gasteiger partial charge in [-0.25, -0.2) is 4.79 Å². The van der Waals surface area contributed by atoms with Crippen molar-refractivity contribution in [2.75, 3.05) is 0 Å². The first kappa shape index (κ1) is 15.2. The number of urea groups is 1. The minimum Gasteiger partial charge on any atom is -0.481 e. The highest BCUT2D eigenvalue weighted by atomic mass is 16.4. The number of rotatable bonds is 4. The highest BCUT2D eigenvalue weighted by Crippen LogP contribution is 2.23. The molecule has 2 amide bonds. The number of nitrogens with zero attached hydrogens (tertiary/aromatic N) is 3. The minimum atomic E-state index is -0.853. The number of carbonyl (C=O) groups is 2. The Morgan fingerprint density at radius 3 is 2.76 bits per heavy atom. The molecule has 2 rings (SSSR count). The number of carboxylic acids is 1. The maximum absolute atomic E-state index is 12.0. The van der Waals surface area contributed by atoms with Gasteiger partial charge in [-0.05, 0) is 19.8 Å². The van der Waals surface area contributed by atoms with E-state index in [4.69, 9.17) is 0 Å². The SMILES string of the molecule is CC(NC(=O)NC1CCCCCC1C(=O)O)c1nn[nH]n1. The van der Waals surface area contributed by atoms with E-state index in [1.807, 2.05) is 0 Å². The Morgan fingerprint density at radius 1 is 1.33 bits per heavy atom. The minimum absolute atomic E-state index is 0.345. The van der Waals surface area contributed by atoms with Gasteiger partial charge in [-0.1, -0.05) is 24.5 Å². The van der Waals surface area contributed by atoms with Crippen LogP contribution in [-0.4, -0.2) is 43.8 Å². The smallest absolute Gasteiger partial charge is 0.315 e. The van der Waals surface area contributed by atoms with Gasteiger partial charge in [0.1, 0.15) is 0 Å². The third kappa shape index (κ3) is 4.14. The fourth-order valence-corrected chi connectivity index (χ4v) is 2.60. The van der Waals surface area contributed by atoms with Crippen LogP contribution in [0.25, 0.3) is 0 Å². The maximum atomic E-state index is 12.0. The molecule has 9 heteroatoms. The Morgan fingerprint density at radius 2 is 2.10 bits per heavy atom. The molecule has 0 aromatic carbocycles. The van der Waals surface area contributed by atoms with Crippen molar-refractivity contribution in [2.45, 2.75) is 51.1 Å². The van der Waals surface area contributed by atoms with E-state index in [1.165, 1.54) is 0 Å². The van der Waals surface area contributed by atoms with Crippen molar-refractivity contribution < 1.29 is 14.7 Å². The summed E-state index contributed by atoms with van der Waals surface area (Å²) in [5.41, 5.74) is 0. The van der Waals surface area contributed by atoms with E-state index < -0.39 is 24.0 Å². The normalized spacial score (nSPS) is 23.9. The number of tetrazole rings is 1. The summed E-state index contributed by atoms with van der Waals surface area (Å²) in [6.07, 6.45) is 4.09. The largest absolute Gasteiger partial charge is 0.481 e. The lowest BCUT2D eigenvalue weighted by molar-refractivity contribution is -0.142. The molecule has 1 aliphatic rings. The van der Waals surface area contributed by atoms with E-state index in [0.29, 0.717) is 18.7 Å². The number of carboxylic acid groups (broad SMARTS) is 1. The molecule has 0 radical (unpaired) electrons. The number of nitrogens with one attached hydrogen (secondary N) is 3. The lowest BCUT2D eigenvalue weighted by atomic mass is 9.95. The molecular formula is C12H20N6O3. The number of amides is 2. The van der Waals surface area contributed by atoms with Crippen molar-refractivity contribution in [1.82, 2.24) is 31.3 Å². The fourth-order valence-electron chi connectivity index (χ4n) is 2.60. The molecule has 1 saturated carbocycles. The second-order valence-electron chi connectivity index (χ2n) is 5.30. The first-order chi connectivity index (χ1) is 10.1. The van der Waals surface area contributed by atoms with Crippen molar-refractivity contribution in [3.8, 4) is 0 Å². The van der Waals surface area contributed by atoms with Crippen molar-refractivity contribution in [3.63, 3.8) is 0 Å². The number of H-pyrrole nitrogens is 1. The van der Waals surface area contributed by atoms with Crippen molar-refractivity contribution in [1.29, 1.82) is 0 Å². The number of hydrogen-bond donors (Lipinski definition) is 4. The predicted octanol–water partition coefficient (Wildman–Crippen LogP) is 0.593. The zero-order valence-corrected chi connectivity index (χ0v) is 11.9. The number of hydrogen-bond acceptors (Lipinski definition) is 5. The molecule has 21 heavy (non-hydrogen) atoms. The summed E-state index contributed by atoms with van der Waals surface area (Å²) in [7, 11) is 0. The third-order valence-corrected chi connectivity index (χ3v) is 3.75. The molecule has 1 aromatic rings. The van der Waals surface area contributed by atoms with Gasteiger partial charge in [0.2, 0.25) is 0 Å². The third-order valence-electron chi connectivity index (χ3n) is 3.75. The van der Waals surface area contributed by atoms with Crippen LogP contribution in [0.15, 0.2) is 0 Å². The molecule has 4 N–H and O–H groups in total. The van der Waals surface area contributed by atoms with Crippen molar-refractivity contribution in [2.24, 2.45) is 5.92 Å². The lowest BCUT2D eigenvalue weighted by Gasteiger charge is -2.23. The first-order valence-electron chi connectivity index (χ1n) is 7.11. The Kier molecular flexibility index (Phi) is 5.07. The predicted molar refractivity (Wildman–Crippen MR) is 72.3 cm³/mol. The van der Waals surface area contributed by atoms with Gasteiger partial charge in [-0.15, -0.1) is 10.2 Å². The van der Waals surface area contributed by atoms with Gasteiger partial charge in [-0.2, -0.15) is 5.21 Å². The summed E-state index contributed by atoms with van der Waals surface area (Å²) < 4.78 is 0. The summed E-state index contributed by atoms with van der Waals surface area (Å²) in [5.74, 6) is -1.01. The molecule has 1 fully saturated rings.